The van der Waals surface area contributed by atoms with Gasteiger partial charge < -0.3 is 20.9 Å². The number of hydrogen-bond acceptors (Lipinski definition) is 3. The summed E-state index contributed by atoms with van der Waals surface area (Å²) in [5.41, 5.74) is 1.42. The van der Waals surface area contributed by atoms with Crippen LogP contribution in [0.15, 0.2) is 29.3 Å². The summed E-state index contributed by atoms with van der Waals surface area (Å²) >= 11 is 0. The van der Waals surface area contributed by atoms with E-state index in [0.29, 0.717) is 11.6 Å². The van der Waals surface area contributed by atoms with Crippen molar-refractivity contribution in [3.05, 3.63) is 29.8 Å². The molecular formula is C22H34IN5O. The zero-order chi connectivity index (χ0) is 20.2. The first-order chi connectivity index (χ1) is 13.6. The molecule has 1 aromatic carbocycles. The Hall–Kier alpha value is -1.79. The molecule has 160 valence electrons. The highest BCUT2D eigenvalue weighted by molar-refractivity contribution is 14.0. The summed E-state index contributed by atoms with van der Waals surface area (Å²) in [6, 6.07) is 7.23. The minimum atomic E-state index is -0.172. The van der Waals surface area contributed by atoms with Gasteiger partial charge in [-0.2, -0.15) is 0 Å². The summed E-state index contributed by atoms with van der Waals surface area (Å²) in [6.07, 6.45) is 9.05. The zero-order valence-corrected chi connectivity index (χ0v) is 19.9. The quantitative estimate of drug-likeness (QED) is 0.165. The summed E-state index contributed by atoms with van der Waals surface area (Å²) in [6.45, 7) is 9.50. The SMILES string of the molecule is C#Cc1cccc(NC(=O)CN=C(NCC)NCCCN2CCC(C)CC2)c1.I. The molecule has 0 radical (unpaired) electrons. The van der Waals surface area contributed by atoms with E-state index < -0.39 is 0 Å². The number of nitrogens with one attached hydrogen (secondary N) is 3. The first kappa shape index (κ1) is 25.2. The normalized spacial score (nSPS) is 15.1. The number of hydrogen-bond donors (Lipinski definition) is 3. The van der Waals surface area contributed by atoms with Gasteiger partial charge in [-0.3, -0.25) is 4.79 Å². The Morgan fingerprint density at radius 3 is 2.76 bits per heavy atom. The fourth-order valence-corrected chi connectivity index (χ4v) is 3.17. The number of carbonyl (C=O) groups is 1. The molecule has 0 bridgehead atoms. The van der Waals surface area contributed by atoms with Crippen LogP contribution in [0.3, 0.4) is 0 Å². The Morgan fingerprint density at radius 1 is 1.31 bits per heavy atom. The minimum absolute atomic E-state index is 0. The maximum absolute atomic E-state index is 12.2. The van der Waals surface area contributed by atoms with E-state index in [2.05, 4.69) is 38.7 Å². The molecule has 7 heteroatoms. The van der Waals surface area contributed by atoms with Crippen molar-refractivity contribution in [1.29, 1.82) is 0 Å². The van der Waals surface area contributed by atoms with Gasteiger partial charge in [0.25, 0.3) is 0 Å². The molecule has 1 amide bonds. The van der Waals surface area contributed by atoms with Crippen molar-refractivity contribution in [3.63, 3.8) is 0 Å². The van der Waals surface area contributed by atoms with Crippen LogP contribution in [-0.4, -0.2) is 56.0 Å². The lowest BCUT2D eigenvalue weighted by atomic mass is 9.99. The van der Waals surface area contributed by atoms with E-state index in [0.717, 1.165) is 37.5 Å². The summed E-state index contributed by atoms with van der Waals surface area (Å²) < 4.78 is 0. The molecule has 6 nitrogen and oxygen atoms in total. The molecular weight excluding hydrogens is 477 g/mol. The second-order valence-electron chi connectivity index (χ2n) is 7.27. The third kappa shape index (κ3) is 9.99. The maximum atomic E-state index is 12.2. The van der Waals surface area contributed by atoms with E-state index in [-0.39, 0.29) is 36.4 Å². The van der Waals surface area contributed by atoms with Gasteiger partial charge in [-0.05, 0) is 69.9 Å². The van der Waals surface area contributed by atoms with Crippen LogP contribution < -0.4 is 16.0 Å². The monoisotopic (exact) mass is 511 g/mol. The number of amides is 1. The minimum Gasteiger partial charge on any atom is -0.357 e. The van der Waals surface area contributed by atoms with Crippen LogP contribution in [0.25, 0.3) is 0 Å². The third-order valence-electron chi connectivity index (χ3n) is 4.86. The Kier molecular flexibility index (Phi) is 12.4. The Morgan fingerprint density at radius 2 is 2.07 bits per heavy atom. The van der Waals surface area contributed by atoms with Crippen molar-refractivity contribution in [3.8, 4) is 12.3 Å². The molecule has 0 aliphatic carbocycles. The number of piperidine rings is 1. The molecule has 0 atom stereocenters. The van der Waals surface area contributed by atoms with Crippen molar-refractivity contribution in [2.24, 2.45) is 10.9 Å². The second kappa shape index (κ2) is 14.2. The second-order valence-corrected chi connectivity index (χ2v) is 7.27. The number of guanidine groups is 1. The van der Waals surface area contributed by atoms with Gasteiger partial charge >= 0.3 is 0 Å². The lowest BCUT2D eigenvalue weighted by Crippen LogP contribution is -2.40. The molecule has 2 rings (SSSR count). The average Bonchev–Trinajstić information content (AvgIpc) is 2.70. The highest BCUT2D eigenvalue weighted by Crippen LogP contribution is 2.15. The number of carbonyl (C=O) groups excluding carboxylic acids is 1. The molecule has 1 saturated heterocycles. The number of aliphatic imine (C=N–C) groups is 1. The van der Waals surface area contributed by atoms with E-state index in [9.17, 15) is 4.79 Å². The molecule has 1 aliphatic rings. The lowest BCUT2D eigenvalue weighted by molar-refractivity contribution is -0.114. The van der Waals surface area contributed by atoms with E-state index in [1.165, 1.54) is 25.9 Å². The number of likely N-dealkylation sites (tertiary alicyclic amines) is 1. The lowest BCUT2D eigenvalue weighted by Gasteiger charge is -2.30. The van der Waals surface area contributed by atoms with Crippen LogP contribution in [0.1, 0.15) is 38.7 Å². The molecule has 1 aliphatic heterocycles. The Balaban J connectivity index is 0.00000420. The van der Waals surface area contributed by atoms with Gasteiger partial charge in [0.1, 0.15) is 6.54 Å². The molecule has 1 aromatic rings. The summed E-state index contributed by atoms with van der Waals surface area (Å²) in [4.78, 5) is 19.1. The topological polar surface area (TPSA) is 68.8 Å². The van der Waals surface area contributed by atoms with Gasteiger partial charge in [-0.1, -0.05) is 18.9 Å². The average molecular weight is 511 g/mol. The predicted octanol–water partition coefficient (Wildman–Crippen LogP) is 2.90. The van der Waals surface area contributed by atoms with Crippen LogP contribution in [-0.2, 0) is 4.79 Å². The van der Waals surface area contributed by atoms with E-state index in [4.69, 9.17) is 6.42 Å². The van der Waals surface area contributed by atoms with Crippen LogP contribution in [0.5, 0.6) is 0 Å². The number of rotatable bonds is 8. The van der Waals surface area contributed by atoms with Crippen molar-refractivity contribution in [2.45, 2.75) is 33.1 Å². The predicted molar refractivity (Wildman–Crippen MR) is 132 cm³/mol. The fourth-order valence-electron chi connectivity index (χ4n) is 3.17. The molecule has 0 saturated carbocycles. The van der Waals surface area contributed by atoms with Crippen LogP contribution in [0.2, 0.25) is 0 Å². The van der Waals surface area contributed by atoms with Crippen molar-refractivity contribution in [2.75, 3.05) is 44.6 Å². The van der Waals surface area contributed by atoms with Gasteiger partial charge in [0.05, 0.1) is 0 Å². The molecule has 1 fully saturated rings. The summed E-state index contributed by atoms with van der Waals surface area (Å²) in [5, 5.41) is 9.32. The molecule has 0 spiro atoms. The van der Waals surface area contributed by atoms with E-state index in [1.807, 2.05) is 25.1 Å². The number of benzene rings is 1. The van der Waals surface area contributed by atoms with Crippen LogP contribution in [0, 0.1) is 18.3 Å². The van der Waals surface area contributed by atoms with E-state index in [1.54, 1.807) is 6.07 Å². The fraction of sp³-hybridized carbons (Fsp3) is 0.545. The molecule has 3 N–H and O–H groups in total. The molecule has 1 heterocycles. The van der Waals surface area contributed by atoms with Gasteiger partial charge in [0.2, 0.25) is 5.91 Å². The number of anilines is 1. The first-order valence-electron chi connectivity index (χ1n) is 10.2. The van der Waals surface area contributed by atoms with Gasteiger partial charge in [-0.25, -0.2) is 4.99 Å². The highest BCUT2D eigenvalue weighted by atomic mass is 127. The molecule has 29 heavy (non-hydrogen) atoms. The highest BCUT2D eigenvalue weighted by Gasteiger charge is 2.14. The standard InChI is InChI=1S/C22H33N5O.HI/c1-4-19-8-6-9-20(16-19)26-21(28)17-25-22(23-5-2)24-12-7-13-27-14-10-18(3)11-15-27;/h1,6,8-9,16,18H,5,7,10-15,17H2,2-3H3,(H,26,28)(H2,23,24,25);1H. The van der Waals surface area contributed by atoms with Gasteiger partial charge in [0, 0.05) is 24.3 Å². The first-order valence-corrected chi connectivity index (χ1v) is 10.2. The number of halogens is 1. The summed E-state index contributed by atoms with van der Waals surface area (Å²) in [5.74, 6) is 3.92. The summed E-state index contributed by atoms with van der Waals surface area (Å²) in [7, 11) is 0. The smallest absolute Gasteiger partial charge is 0.246 e. The number of nitrogens with zero attached hydrogens (tertiary/aromatic N) is 2. The largest absolute Gasteiger partial charge is 0.357 e. The zero-order valence-electron chi connectivity index (χ0n) is 17.5. The Labute approximate surface area is 192 Å². The van der Waals surface area contributed by atoms with Crippen LogP contribution >= 0.6 is 24.0 Å². The van der Waals surface area contributed by atoms with Gasteiger partial charge in [-0.15, -0.1) is 30.4 Å². The molecule has 0 unspecified atom stereocenters. The molecule has 0 aromatic heterocycles. The Bertz CT molecular complexity index is 693. The van der Waals surface area contributed by atoms with E-state index >= 15 is 0 Å². The number of terminal acetylenes is 1. The van der Waals surface area contributed by atoms with Gasteiger partial charge in [0.15, 0.2) is 5.96 Å². The third-order valence-corrected chi connectivity index (χ3v) is 4.86. The van der Waals surface area contributed by atoms with Crippen LogP contribution in [0.4, 0.5) is 5.69 Å². The maximum Gasteiger partial charge on any atom is 0.246 e. The van der Waals surface area contributed by atoms with Crippen molar-refractivity contribution in [1.82, 2.24) is 15.5 Å². The van der Waals surface area contributed by atoms with Crippen molar-refractivity contribution < 1.29 is 4.79 Å². The van der Waals surface area contributed by atoms with Crippen molar-refractivity contribution >= 4 is 41.5 Å².